The SMILES string of the molecule is CCn1cc(CNc2ccc(C(=O)N3CCSCC3)cc2C)cn1. The van der Waals surface area contributed by atoms with Crippen LogP contribution >= 0.6 is 11.8 Å². The van der Waals surface area contributed by atoms with Crippen LogP contribution < -0.4 is 5.32 Å². The zero-order chi connectivity index (χ0) is 16.9. The van der Waals surface area contributed by atoms with Crippen LogP contribution in [0.2, 0.25) is 0 Å². The highest BCUT2D eigenvalue weighted by molar-refractivity contribution is 7.99. The van der Waals surface area contributed by atoms with Gasteiger partial charge >= 0.3 is 0 Å². The van der Waals surface area contributed by atoms with Crippen molar-refractivity contribution in [2.24, 2.45) is 0 Å². The predicted molar refractivity (Wildman–Crippen MR) is 99.6 cm³/mol. The maximum atomic E-state index is 12.6. The summed E-state index contributed by atoms with van der Waals surface area (Å²) in [5, 5.41) is 7.71. The highest BCUT2D eigenvalue weighted by Crippen LogP contribution is 2.20. The van der Waals surface area contributed by atoms with Crippen LogP contribution in [0.15, 0.2) is 30.6 Å². The van der Waals surface area contributed by atoms with Gasteiger partial charge in [-0.2, -0.15) is 16.9 Å². The van der Waals surface area contributed by atoms with Crippen molar-refractivity contribution in [3.05, 3.63) is 47.3 Å². The Labute approximate surface area is 147 Å². The van der Waals surface area contributed by atoms with Gasteiger partial charge in [-0.15, -0.1) is 0 Å². The molecule has 1 N–H and O–H groups in total. The number of carbonyl (C=O) groups is 1. The molecule has 0 spiro atoms. The largest absolute Gasteiger partial charge is 0.381 e. The number of benzene rings is 1. The minimum absolute atomic E-state index is 0.147. The molecule has 1 fully saturated rings. The first-order chi connectivity index (χ1) is 11.7. The molecule has 0 saturated carbocycles. The van der Waals surface area contributed by atoms with Crippen molar-refractivity contribution >= 4 is 23.4 Å². The first-order valence-electron chi connectivity index (χ1n) is 8.40. The van der Waals surface area contributed by atoms with Crippen LogP contribution in [0, 0.1) is 6.92 Å². The van der Waals surface area contributed by atoms with Crippen molar-refractivity contribution < 1.29 is 4.79 Å². The fourth-order valence-electron chi connectivity index (χ4n) is 2.81. The van der Waals surface area contributed by atoms with E-state index in [4.69, 9.17) is 0 Å². The second-order valence-electron chi connectivity index (χ2n) is 5.99. The summed E-state index contributed by atoms with van der Waals surface area (Å²) in [7, 11) is 0. The Hall–Kier alpha value is -1.95. The number of carbonyl (C=O) groups excluding carboxylic acids is 1. The molecule has 1 aliphatic heterocycles. The van der Waals surface area contributed by atoms with Gasteiger partial charge in [0.25, 0.3) is 5.91 Å². The third kappa shape index (κ3) is 3.93. The number of amides is 1. The van der Waals surface area contributed by atoms with Gasteiger partial charge in [-0.25, -0.2) is 0 Å². The summed E-state index contributed by atoms with van der Waals surface area (Å²) in [5.41, 5.74) is 4.09. The van der Waals surface area contributed by atoms with Crippen molar-refractivity contribution in [3.8, 4) is 0 Å². The monoisotopic (exact) mass is 344 g/mol. The molecule has 3 rings (SSSR count). The van der Waals surface area contributed by atoms with Crippen LogP contribution in [0.3, 0.4) is 0 Å². The van der Waals surface area contributed by atoms with Crippen LogP contribution in [0.1, 0.15) is 28.4 Å². The molecule has 1 saturated heterocycles. The summed E-state index contributed by atoms with van der Waals surface area (Å²) in [4.78, 5) is 14.5. The molecule has 1 amide bonds. The molecule has 0 aliphatic carbocycles. The summed E-state index contributed by atoms with van der Waals surface area (Å²) in [6.07, 6.45) is 3.94. The summed E-state index contributed by atoms with van der Waals surface area (Å²) in [5.74, 6) is 2.22. The topological polar surface area (TPSA) is 50.2 Å². The van der Waals surface area contributed by atoms with Crippen molar-refractivity contribution in [1.29, 1.82) is 0 Å². The maximum Gasteiger partial charge on any atom is 0.253 e. The minimum Gasteiger partial charge on any atom is -0.381 e. The van der Waals surface area contributed by atoms with Crippen LogP contribution in [0.25, 0.3) is 0 Å². The zero-order valence-corrected chi connectivity index (χ0v) is 15.1. The van der Waals surface area contributed by atoms with Gasteiger partial charge in [0.2, 0.25) is 0 Å². The van der Waals surface area contributed by atoms with E-state index in [9.17, 15) is 4.79 Å². The Balaban J connectivity index is 1.64. The van der Waals surface area contributed by atoms with E-state index < -0.39 is 0 Å². The molecule has 6 heteroatoms. The molecule has 2 heterocycles. The Morgan fingerprint density at radius 1 is 1.33 bits per heavy atom. The predicted octanol–water partition coefficient (Wildman–Crippen LogP) is 3.01. The average Bonchev–Trinajstić information content (AvgIpc) is 3.09. The summed E-state index contributed by atoms with van der Waals surface area (Å²) in [6, 6.07) is 5.92. The van der Waals surface area contributed by atoms with E-state index in [-0.39, 0.29) is 5.91 Å². The molecular weight excluding hydrogens is 320 g/mol. The molecule has 0 radical (unpaired) electrons. The van der Waals surface area contributed by atoms with Gasteiger partial charge in [0.05, 0.1) is 6.20 Å². The van der Waals surface area contributed by atoms with Gasteiger partial charge in [-0.05, 0) is 37.6 Å². The number of anilines is 1. The normalized spacial score (nSPS) is 14.7. The fraction of sp³-hybridized carbons (Fsp3) is 0.444. The smallest absolute Gasteiger partial charge is 0.253 e. The van der Waals surface area contributed by atoms with Crippen molar-refractivity contribution in [1.82, 2.24) is 14.7 Å². The number of hydrogen-bond acceptors (Lipinski definition) is 4. The molecule has 5 nitrogen and oxygen atoms in total. The van der Waals surface area contributed by atoms with Crippen LogP contribution in [0.4, 0.5) is 5.69 Å². The summed E-state index contributed by atoms with van der Waals surface area (Å²) in [6.45, 7) is 7.43. The molecule has 1 aromatic carbocycles. The number of nitrogens with zero attached hydrogens (tertiary/aromatic N) is 3. The Kier molecular flexibility index (Phi) is 5.45. The first kappa shape index (κ1) is 16.9. The van der Waals surface area contributed by atoms with Gasteiger partial charge in [0, 0.05) is 60.7 Å². The highest BCUT2D eigenvalue weighted by atomic mass is 32.2. The quantitative estimate of drug-likeness (QED) is 0.906. The highest BCUT2D eigenvalue weighted by Gasteiger charge is 2.18. The molecule has 128 valence electrons. The number of rotatable bonds is 5. The number of hydrogen-bond donors (Lipinski definition) is 1. The number of nitrogens with one attached hydrogen (secondary N) is 1. The number of aryl methyl sites for hydroxylation is 2. The van der Waals surface area contributed by atoms with Gasteiger partial charge in [0.15, 0.2) is 0 Å². The second-order valence-corrected chi connectivity index (χ2v) is 7.22. The Morgan fingerprint density at radius 2 is 2.12 bits per heavy atom. The minimum atomic E-state index is 0.147. The zero-order valence-electron chi connectivity index (χ0n) is 14.3. The fourth-order valence-corrected chi connectivity index (χ4v) is 3.72. The molecule has 0 atom stereocenters. The van der Waals surface area contributed by atoms with Gasteiger partial charge in [-0.1, -0.05) is 0 Å². The van der Waals surface area contributed by atoms with E-state index in [1.54, 1.807) is 0 Å². The van der Waals surface area contributed by atoms with E-state index in [2.05, 4.69) is 23.5 Å². The third-order valence-corrected chi connectivity index (χ3v) is 5.21. The lowest BCUT2D eigenvalue weighted by Gasteiger charge is -2.26. The van der Waals surface area contributed by atoms with E-state index in [1.165, 1.54) is 0 Å². The molecule has 24 heavy (non-hydrogen) atoms. The van der Waals surface area contributed by atoms with Crippen LogP contribution in [-0.2, 0) is 13.1 Å². The summed E-state index contributed by atoms with van der Waals surface area (Å²) >= 11 is 1.91. The third-order valence-electron chi connectivity index (χ3n) is 4.27. The second kappa shape index (κ2) is 7.75. The molecule has 0 bridgehead atoms. The van der Waals surface area contributed by atoms with E-state index in [0.29, 0.717) is 0 Å². The Bertz CT molecular complexity index is 707. The number of thioether (sulfide) groups is 1. The van der Waals surface area contributed by atoms with E-state index in [1.807, 2.05) is 52.7 Å². The van der Waals surface area contributed by atoms with Crippen LogP contribution in [-0.4, -0.2) is 45.2 Å². The van der Waals surface area contributed by atoms with Gasteiger partial charge < -0.3 is 10.2 Å². The molecular formula is C18H24N4OS. The molecule has 0 unspecified atom stereocenters. The lowest BCUT2D eigenvalue weighted by Crippen LogP contribution is -2.37. The van der Waals surface area contributed by atoms with Crippen molar-refractivity contribution in [2.75, 3.05) is 29.9 Å². The van der Waals surface area contributed by atoms with Crippen LogP contribution in [0.5, 0.6) is 0 Å². The first-order valence-corrected chi connectivity index (χ1v) is 9.55. The lowest BCUT2D eigenvalue weighted by atomic mass is 10.1. The summed E-state index contributed by atoms with van der Waals surface area (Å²) < 4.78 is 1.92. The van der Waals surface area contributed by atoms with E-state index in [0.717, 1.165) is 60.1 Å². The van der Waals surface area contributed by atoms with Gasteiger partial charge in [-0.3, -0.25) is 9.48 Å². The number of aromatic nitrogens is 2. The average molecular weight is 344 g/mol. The Morgan fingerprint density at radius 3 is 2.79 bits per heavy atom. The lowest BCUT2D eigenvalue weighted by molar-refractivity contribution is 0.0772. The van der Waals surface area contributed by atoms with E-state index >= 15 is 0 Å². The van der Waals surface area contributed by atoms with Gasteiger partial charge in [0.1, 0.15) is 0 Å². The standard InChI is InChI=1S/C18H24N4OS/c1-3-22-13-15(12-20-22)11-19-17-5-4-16(10-14(17)2)18(23)21-6-8-24-9-7-21/h4-5,10,12-13,19H,3,6-9,11H2,1-2H3. The molecule has 1 aliphatic rings. The maximum absolute atomic E-state index is 12.6. The molecule has 2 aromatic rings. The van der Waals surface area contributed by atoms with Crippen molar-refractivity contribution in [2.45, 2.75) is 26.9 Å². The molecule has 1 aromatic heterocycles. The van der Waals surface area contributed by atoms with Crippen molar-refractivity contribution in [3.63, 3.8) is 0 Å².